The molecule has 18 heavy (non-hydrogen) atoms. The summed E-state index contributed by atoms with van der Waals surface area (Å²) in [5.74, 6) is 0.121. The number of thiazole rings is 1. The van der Waals surface area contributed by atoms with Crippen molar-refractivity contribution in [1.29, 1.82) is 0 Å². The van der Waals surface area contributed by atoms with Crippen LogP contribution in [-0.2, 0) is 16.3 Å². The Labute approximate surface area is 111 Å². The van der Waals surface area contributed by atoms with E-state index in [2.05, 4.69) is 4.98 Å². The van der Waals surface area contributed by atoms with Gasteiger partial charge in [0, 0.05) is 19.8 Å². The Morgan fingerprint density at radius 3 is 2.89 bits per heavy atom. The van der Waals surface area contributed by atoms with E-state index in [1.165, 1.54) is 17.6 Å². The second kappa shape index (κ2) is 5.14. The number of fused-ring (bicyclic) bond motifs is 1. The van der Waals surface area contributed by atoms with Crippen LogP contribution in [0, 0.1) is 0 Å². The van der Waals surface area contributed by atoms with Crippen LogP contribution in [-0.4, -0.2) is 44.1 Å². The van der Waals surface area contributed by atoms with E-state index in [1.807, 2.05) is 11.9 Å². The van der Waals surface area contributed by atoms with Crippen LogP contribution < -0.4 is 4.90 Å². The van der Waals surface area contributed by atoms with Crippen LogP contribution in [0.3, 0.4) is 0 Å². The van der Waals surface area contributed by atoms with E-state index in [1.54, 1.807) is 0 Å². The highest BCUT2D eigenvalue weighted by atomic mass is 32.2. The van der Waals surface area contributed by atoms with E-state index in [0.29, 0.717) is 6.54 Å². The van der Waals surface area contributed by atoms with Crippen LogP contribution in [0.5, 0.6) is 0 Å². The highest BCUT2D eigenvalue weighted by Crippen LogP contribution is 2.36. The van der Waals surface area contributed by atoms with Crippen LogP contribution in [0.4, 0.5) is 5.13 Å². The molecule has 0 aliphatic heterocycles. The average molecular weight is 290 g/mol. The van der Waals surface area contributed by atoms with Gasteiger partial charge in [0.05, 0.1) is 22.4 Å². The van der Waals surface area contributed by atoms with Gasteiger partial charge >= 0.3 is 0 Å². The average Bonchev–Trinajstić information content (AvgIpc) is 2.70. The summed E-state index contributed by atoms with van der Waals surface area (Å²) in [4.78, 5) is 7.28. The molecule has 0 amide bonds. The molecule has 1 heterocycles. The number of nitrogens with zero attached hydrogens (tertiary/aromatic N) is 2. The third kappa shape index (κ3) is 3.21. The van der Waals surface area contributed by atoms with Gasteiger partial charge in [-0.2, -0.15) is 0 Å². The molecule has 0 aromatic carbocycles. The van der Waals surface area contributed by atoms with Crippen LogP contribution in [0.1, 0.15) is 29.5 Å². The predicted molar refractivity (Wildman–Crippen MR) is 73.0 cm³/mol. The zero-order valence-corrected chi connectivity index (χ0v) is 12.2. The topological polar surface area (TPSA) is 70.5 Å². The molecule has 0 radical (unpaired) electrons. The van der Waals surface area contributed by atoms with Crippen molar-refractivity contribution in [3.63, 3.8) is 0 Å². The van der Waals surface area contributed by atoms with E-state index >= 15 is 0 Å². The minimum Gasteiger partial charge on any atom is -0.388 e. The van der Waals surface area contributed by atoms with Crippen LogP contribution in [0.15, 0.2) is 0 Å². The van der Waals surface area contributed by atoms with E-state index in [9.17, 15) is 13.5 Å². The maximum atomic E-state index is 11.1. The molecule has 2 rings (SSSR count). The Morgan fingerprint density at radius 1 is 1.56 bits per heavy atom. The van der Waals surface area contributed by atoms with Gasteiger partial charge in [-0.15, -0.1) is 0 Å². The standard InChI is InChI=1S/C11H18N2O3S2/c1-13(6-7-18(2,15)16)11-12-8-4-3-5-9(14)10(8)17-11/h9,14H,3-7H2,1-2H3. The normalized spacial score (nSPS) is 19.6. The summed E-state index contributed by atoms with van der Waals surface area (Å²) in [5.41, 5.74) is 0.972. The monoisotopic (exact) mass is 290 g/mol. The molecule has 1 aliphatic rings. The van der Waals surface area contributed by atoms with Gasteiger partial charge in [-0.1, -0.05) is 11.3 Å². The molecular formula is C11H18N2O3S2. The van der Waals surface area contributed by atoms with Crippen molar-refractivity contribution >= 4 is 26.3 Å². The Morgan fingerprint density at radius 2 is 2.28 bits per heavy atom. The summed E-state index contributed by atoms with van der Waals surface area (Å²) in [7, 11) is -1.12. The second-order valence-electron chi connectivity index (χ2n) is 4.77. The number of anilines is 1. The maximum Gasteiger partial charge on any atom is 0.185 e. The fraction of sp³-hybridized carbons (Fsp3) is 0.727. The van der Waals surface area contributed by atoms with Crippen molar-refractivity contribution in [2.45, 2.75) is 25.4 Å². The molecule has 0 bridgehead atoms. The molecule has 0 spiro atoms. The summed E-state index contributed by atoms with van der Waals surface area (Å²) in [5, 5.41) is 10.7. The highest BCUT2D eigenvalue weighted by molar-refractivity contribution is 7.90. The predicted octanol–water partition coefficient (Wildman–Crippen LogP) is 0.994. The molecule has 0 fully saturated rings. The number of aromatic nitrogens is 1. The molecular weight excluding hydrogens is 272 g/mol. The number of hydrogen-bond donors (Lipinski definition) is 1. The van der Waals surface area contributed by atoms with Crippen molar-refractivity contribution in [2.75, 3.05) is 30.5 Å². The molecule has 1 unspecified atom stereocenters. The third-order valence-corrected chi connectivity index (χ3v) is 5.27. The third-order valence-electron chi connectivity index (χ3n) is 3.03. The van der Waals surface area contributed by atoms with E-state index in [0.717, 1.165) is 35.0 Å². The second-order valence-corrected chi connectivity index (χ2v) is 8.04. The minimum atomic E-state index is -2.95. The summed E-state index contributed by atoms with van der Waals surface area (Å²) in [6, 6.07) is 0. The Balaban J connectivity index is 2.09. The van der Waals surface area contributed by atoms with Gasteiger partial charge in [-0.05, 0) is 19.3 Å². The molecule has 1 aromatic heterocycles. The largest absolute Gasteiger partial charge is 0.388 e. The van der Waals surface area contributed by atoms with Crippen LogP contribution in [0.2, 0.25) is 0 Å². The molecule has 0 saturated carbocycles. The van der Waals surface area contributed by atoms with Crippen LogP contribution >= 0.6 is 11.3 Å². The molecule has 1 atom stereocenters. The lowest BCUT2D eigenvalue weighted by atomic mass is 10.0. The summed E-state index contributed by atoms with van der Waals surface area (Å²) < 4.78 is 22.3. The number of aliphatic hydroxyl groups is 1. The smallest absolute Gasteiger partial charge is 0.185 e. The lowest BCUT2D eigenvalue weighted by molar-refractivity contribution is 0.160. The lowest BCUT2D eigenvalue weighted by Crippen LogP contribution is -2.24. The summed E-state index contributed by atoms with van der Waals surface area (Å²) in [6.45, 7) is 0.432. The number of hydrogen-bond acceptors (Lipinski definition) is 6. The first-order chi connectivity index (χ1) is 8.37. The number of aryl methyl sites for hydroxylation is 1. The first-order valence-electron chi connectivity index (χ1n) is 5.93. The molecule has 7 heteroatoms. The first-order valence-corrected chi connectivity index (χ1v) is 8.81. The van der Waals surface area contributed by atoms with Gasteiger partial charge in [-0.25, -0.2) is 13.4 Å². The molecule has 1 aromatic rings. The Hall–Kier alpha value is -0.660. The van der Waals surface area contributed by atoms with Gasteiger partial charge in [0.2, 0.25) is 0 Å². The maximum absolute atomic E-state index is 11.1. The zero-order valence-electron chi connectivity index (χ0n) is 10.6. The number of sulfone groups is 1. The fourth-order valence-corrected chi connectivity index (χ4v) is 3.67. The Bertz CT molecular complexity index is 524. The van der Waals surface area contributed by atoms with E-state index < -0.39 is 15.9 Å². The molecule has 5 nitrogen and oxygen atoms in total. The highest BCUT2D eigenvalue weighted by Gasteiger charge is 2.23. The SMILES string of the molecule is CN(CCS(C)(=O)=O)c1nc2c(s1)C(O)CCC2. The molecule has 1 N–H and O–H groups in total. The fourth-order valence-electron chi connectivity index (χ4n) is 1.95. The van der Waals surface area contributed by atoms with Crippen molar-refractivity contribution in [2.24, 2.45) is 0 Å². The molecule has 1 aliphatic carbocycles. The number of aliphatic hydroxyl groups excluding tert-OH is 1. The summed E-state index contributed by atoms with van der Waals surface area (Å²) in [6.07, 6.45) is 3.50. The van der Waals surface area contributed by atoms with Gasteiger partial charge in [-0.3, -0.25) is 0 Å². The van der Waals surface area contributed by atoms with Crippen molar-refractivity contribution in [3.8, 4) is 0 Å². The van der Waals surface area contributed by atoms with Crippen molar-refractivity contribution in [3.05, 3.63) is 10.6 Å². The van der Waals surface area contributed by atoms with Crippen molar-refractivity contribution < 1.29 is 13.5 Å². The van der Waals surface area contributed by atoms with Crippen LogP contribution in [0.25, 0.3) is 0 Å². The van der Waals surface area contributed by atoms with Gasteiger partial charge in [0.1, 0.15) is 9.84 Å². The zero-order chi connectivity index (χ0) is 13.3. The van der Waals surface area contributed by atoms with Crippen molar-refractivity contribution in [1.82, 2.24) is 4.98 Å². The van der Waals surface area contributed by atoms with Gasteiger partial charge < -0.3 is 10.0 Å². The quantitative estimate of drug-likeness (QED) is 0.895. The first kappa shape index (κ1) is 13.8. The lowest BCUT2D eigenvalue weighted by Gasteiger charge is -2.14. The van der Waals surface area contributed by atoms with E-state index in [-0.39, 0.29) is 5.75 Å². The van der Waals surface area contributed by atoms with E-state index in [4.69, 9.17) is 0 Å². The minimum absolute atomic E-state index is 0.121. The number of rotatable bonds is 4. The molecule has 102 valence electrons. The summed E-state index contributed by atoms with van der Waals surface area (Å²) >= 11 is 1.47. The Kier molecular flexibility index (Phi) is 3.93. The van der Waals surface area contributed by atoms with Gasteiger partial charge in [0.25, 0.3) is 0 Å². The molecule has 0 saturated heterocycles. The van der Waals surface area contributed by atoms with Gasteiger partial charge in [0.15, 0.2) is 5.13 Å².